The normalized spacial score (nSPS) is 18.6. The van der Waals surface area contributed by atoms with Crippen molar-refractivity contribution in [3.05, 3.63) is 33.9 Å². The lowest BCUT2D eigenvalue weighted by Crippen LogP contribution is -2.39. The van der Waals surface area contributed by atoms with Crippen LogP contribution >= 0.6 is 0 Å². The van der Waals surface area contributed by atoms with E-state index in [1.54, 1.807) is 4.90 Å². The fraction of sp³-hybridized carbons (Fsp3) is 0.417. The van der Waals surface area contributed by atoms with Crippen LogP contribution in [0.2, 0.25) is 0 Å². The third-order valence-corrected chi connectivity index (χ3v) is 3.38. The number of carbonyl (C=O) groups excluding carboxylic acids is 1. The van der Waals surface area contributed by atoms with Crippen LogP contribution < -0.4 is 11.5 Å². The van der Waals surface area contributed by atoms with Crippen molar-refractivity contribution in [2.24, 2.45) is 5.73 Å². The maximum atomic E-state index is 12.3. The molecule has 1 aliphatic heterocycles. The van der Waals surface area contributed by atoms with Crippen molar-refractivity contribution in [1.82, 2.24) is 4.90 Å². The lowest BCUT2D eigenvalue weighted by atomic mass is 10.1. The smallest absolute Gasteiger partial charge is 0.292 e. The zero-order valence-corrected chi connectivity index (χ0v) is 10.4. The van der Waals surface area contributed by atoms with E-state index >= 15 is 0 Å². The summed E-state index contributed by atoms with van der Waals surface area (Å²) in [5.74, 6) is -0.226. The molecule has 0 spiro atoms. The molecule has 0 bridgehead atoms. The second kappa shape index (κ2) is 5.23. The highest BCUT2D eigenvalue weighted by Crippen LogP contribution is 2.25. The first kappa shape index (κ1) is 13.3. The lowest BCUT2D eigenvalue weighted by molar-refractivity contribution is -0.383. The molecular weight excluding hydrogens is 248 g/mol. The predicted octanol–water partition coefficient (Wildman–Crippen LogP) is 0.740. The highest BCUT2D eigenvalue weighted by molar-refractivity contribution is 5.96. The Kier molecular flexibility index (Phi) is 3.66. The predicted molar refractivity (Wildman–Crippen MR) is 70.6 cm³/mol. The summed E-state index contributed by atoms with van der Waals surface area (Å²) in [4.78, 5) is 24.2. The van der Waals surface area contributed by atoms with Gasteiger partial charge in [0.15, 0.2) is 0 Å². The van der Waals surface area contributed by atoms with Crippen LogP contribution in [0, 0.1) is 10.1 Å². The van der Waals surface area contributed by atoms with Gasteiger partial charge >= 0.3 is 0 Å². The number of nitrogen functional groups attached to an aromatic ring is 1. The number of benzene rings is 1. The molecule has 0 aliphatic carbocycles. The van der Waals surface area contributed by atoms with Gasteiger partial charge in [-0.15, -0.1) is 0 Å². The molecule has 7 heteroatoms. The summed E-state index contributed by atoms with van der Waals surface area (Å²) in [7, 11) is 0. The third-order valence-electron chi connectivity index (χ3n) is 3.38. The number of carbonyl (C=O) groups is 1. The molecule has 19 heavy (non-hydrogen) atoms. The summed E-state index contributed by atoms with van der Waals surface area (Å²) >= 11 is 0. The van der Waals surface area contributed by atoms with E-state index in [2.05, 4.69) is 0 Å². The summed E-state index contributed by atoms with van der Waals surface area (Å²) in [5, 5.41) is 10.8. The Labute approximate surface area is 110 Å². The van der Waals surface area contributed by atoms with Gasteiger partial charge in [0.25, 0.3) is 11.6 Å². The van der Waals surface area contributed by atoms with Crippen LogP contribution in [0.25, 0.3) is 0 Å². The standard InChI is InChI=1S/C12H16N4O3/c13-7-9-2-1-5-15(9)12(17)8-3-4-10(14)11(6-8)16(18)19/h3-4,6,9H,1-2,5,7,13-14H2. The molecule has 0 saturated carbocycles. The average molecular weight is 264 g/mol. The number of nitrogens with zero attached hydrogens (tertiary/aromatic N) is 2. The van der Waals surface area contributed by atoms with Gasteiger partial charge in [0.1, 0.15) is 5.69 Å². The van der Waals surface area contributed by atoms with E-state index in [1.165, 1.54) is 18.2 Å². The molecule has 1 saturated heterocycles. The minimum atomic E-state index is -0.587. The first-order chi connectivity index (χ1) is 9.04. The van der Waals surface area contributed by atoms with Crippen molar-refractivity contribution >= 4 is 17.3 Å². The molecule has 1 aromatic rings. The number of nitro benzene ring substituents is 1. The fourth-order valence-corrected chi connectivity index (χ4v) is 2.35. The molecule has 102 valence electrons. The molecule has 1 fully saturated rings. The molecule has 4 N–H and O–H groups in total. The second-order valence-electron chi connectivity index (χ2n) is 4.56. The number of hydrogen-bond acceptors (Lipinski definition) is 5. The Morgan fingerprint density at radius 3 is 2.89 bits per heavy atom. The molecule has 7 nitrogen and oxygen atoms in total. The minimum absolute atomic E-state index is 0.0177. The second-order valence-corrected chi connectivity index (χ2v) is 4.56. The quantitative estimate of drug-likeness (QED) is 0.474. The van der Waals surface area contributed by atoms with Gasteiger partial charge in [-0.25, -0.2) is 0 Å². The Hall–Kier alpha value is -2.15. The van der Waals surface area contributed by atoms with Gasteiger partial charge in [-0.1, -0.05) is 0 Å². The van der Waals surface area contributed by atoms with Gasteiger partial charge in [-0.3, -0.25) is 14.9 Å². The van der Waals surface area contributed by atoms with Crippen LogP contribution in [-0.4, -0.2) is 34.9 Å². The average Bonchev–Trinajstić information content (AvgIpc) is 2.86. The highest BCUT2D eigenvalue weighted by atomic mass is 16.6. The summed E-state index contributed by atoms with van der Waals surface area (Å²) < 4.78 is 0. The zero-order chi connectivity index (χ0) is 14.0. The lowest BCUT2D eigenvalue weighted by Gasteiger charge is -2.23. The van der Waals surface area contributed by atoms with Crippen LogP contribution in [0.5, 0.6) is 0 Å². The van der Waals surface area contributed by atoms with E-state index in [1.807, 2.05) is 0 Å². The van der Waals surface area contributed by atoms with Crippen LogP contribution in [0.3, 0.4) is 0 Å². The molecule has 1 atom stereocenters. The van der Waals surface area contributed by atoms with E-state index in [0.717, 1.165) is 12.8 Å². The maximum Gasteiger partial charge on any atom is 0.292 e. The van der Waals surface area contributed by atoms with Crippen LogP contribution in [0.1, 0.15) is 23.2 Å². The molecule has 1 aliphatic rings. The molecule has 1 heterocycles. The molecular formula is C12H16N4O3. The van der Waals surface area contributed by atoms with Gasteiger partial charge in [0.05, 0.1) is 4.92 Å². The third kappa shape index (κ3) is 2.50. The molecule has 1 aromatic carbocycles. The van der Waals surface area contributed by atoms with Crippen molar-refractivity contribution in [2.75, 3.05) is 18.8 Å². The fourth-order valence-electron chi connectivity index (χ4n) is 2.35. The largest absolute Gasteiger partial charge is 0.393 e. The topological polar surface area (TPSA) is 115 Å². The van der Waals surface area contributed by atoms with E-state index in [4.69, 9.17) is 11.5 Å². The van der Waals surface area contributed by atoms with Gasteiger partial charge in [-0.2, -0.15) is 0 Å². The highest BCUT2D eigenvalue weighted by Gasteiger charge is 2.29. The van der Waals surface area contributed by atoms with Crippen molar-refractivity contribution in [2.45, 2.75) is 18.9 Å². The summed E-state index contributed by atoms with van der Waals surface area (Å²) in [6.07, 6.45) is 1.78. The molecule has 1 unspecified atom stereocenters. The van der Waals surface area contributed by atoms with Crippen LogP contribution in [0.15, 0.2) is 18.2 Å². The van der Waals surface area contributed by atoms with Crippen molar-refractivity contribution in [3.8, 4) is 0 Å². The minimum Gasteiger partial charge on any atom is -0.393 e. The van der Waals surface area contributed by atoms with Crippen molar-refractivity contribution in [3.63, 3.8) is 0 Å². The van der Waals surface area contributed by atoms with Crippen molar-refractivity contribution < 1.29 is 9.72 Å². The van der Waals surface area contributed by atoms with E-state index in [9.17, 15) is 14.9 Å². The number of nitro groups is 1. The van der Waals surface area contributed by atoms with Crippen LogP contribution in [0.4, 0.5) is 11.4 Å². The number of anilines is 1. The number of hydrogen-bond donors (Lipinski definition) is 2. The van der Waals surface area contributed by atoms with Gasteiger partial charge < -0.3 is 16.4 Å². The number of rotatable bonds is 3. The monoisotopic (exact) mass is 264 g/mol. The van der Waals surface area contributed by atoms with Gasteiger partial charge in [-0.05, 0) is 25.0 Å². The number of amides is 1. The van der Waals surface area contributed by atoms with Crippen molar-refractivity contribution in [1.29, 1.82) is 0 Å². The summed E-state index contributed by atoms with van der Waals surface area (Å²) in [6, 6.07) is 4.14. The summed E-state index contributed by atoms with van der Waals surface area (Å²) in [5.41, 5.74) is 11.2. The Bertz CT molecular complexity index is 518. The zero-order valence-electron chi connectivity index (χ0n) is 10.4. The van der Waals surface area contributed by atoms with E-state index in [-0.39, 0.29) is 28.9 Å². The number of likely N-dealkylation sites (tertiary alicyclic amines) is 1. The van der Waals surface area contributed by atoms with E-state index in [0.29, 0.717) is 13.1 Å². The first-order valence-electron chi connectivity index (χ1n) is 6.09. The molecule has 1 amide bonds. The SMILES string of the molecule is NCC1CCCN1C(=O)c1ccc(N)c([N+](=O)[O-])c1. The molecule has 0 aromatic heterocycles. The Morgan fingerprint density at radius 2 is 2.26 bits per heavy atom. The Morgan fingerprint density at radius 1 is 1.53 bits per heavy atom. The summed E-state index contributed by atoms with van der Waals surface area (Å²) in [6.45, 7) is 1.04. The molecule has 0 radical (unpaired) electrons. The van der Waals surface area contributed by atoms with Gasteiger partial charge in [0.2, 0.25) is 0 Å². The molecule has 2 rings (SSSR count). The van der Waals surface area contributed by atoms with E-state index < -0.39 is 4.92 Å². The first-order valence-corrected chi connectivity index (χ1v) is 6.09. The number of nitrogens with two attached hydrogens (primary N) is 2. The van der Waals surface area contributed by atoms with Gasteiger partial charge in [0, 0.05) is 30.8 Å². The maximum absolute atomic E-state index is 12.3. The Balaban J connectivity index is 2.29. The van der Waals surface area contributed by atoms with Crippen LogP contribution in [-0.2, 0) is 0 Å².